The molecule has 0 saturated carbocycles. The molecule has 3 heterocycles. The molecule has 3 rings (SSSR count). The van der Waals surface area contributed by atoms with Crippen LogP contribution < -0.4 is 5.32 Å². The number of aromatic nitrogens is 2. The summed E-state index contributed by atoms with van der Waals surface area (Å²) in [6.45, 7) is 3.25. The summed E-state index contributed by atoms with van der Waals surface area (Å²) < 4.78 is 0. The molecule has 1 amide bonds. The molecule has 2 aromatic rings. The highest BCUT2D eigenvalue weighted by atomic mass is 35.5. The van der Waals surface area contributed by atoms with Gasteiger partial charge in [-0.1, -0.05) is 36.8 Å². The van der Waals surface area contributed by atoms with Gasteiger partial charge >= 0.3 is 0 Å². The van der Waals surface area contributed by atoms with E-state index in [-0.39, 0.29) is 5.91 Å². The number of nitrogens with zero attached hydrogens (tertiary/aromatic N) is 2. The third-order valence-corrected chi connectivity index (χ3v) is 5.63. The number of H-pyrrole nitrogens is 1. The second-order valence-corrected chi connectivity index (χ2v) is 8.29. The molecule has 5 nitrogen and oxygen atoms in total. The predicted octanol–water partition coefficient (Wildman–Crippen LogP) is 5.31. The van der Waals surface area contributed by atoms with E-state index in [0.717, 1.165) is 36.1 Å². The molecule has 0 aliphatic carbocycles. The Morgan fingerprint density at radius 3 is 3.03 bits per heavy atom. The number of nitrogens with one attached hydrogen (secondary N) is 2. The van der Waals surface area contributed by atoms with Crippen molar-refractivity contribution >= 4 is 35.3 Å². The van der Waals surface area contributed by atoms with Crippen LogP contribution in [0.4, 0.5) is 0 Å². The maximum atomic E-state index is 12.8. The van der Waals surface area contributed by atoms with E-state index in [4.69, 9.17) is 23.2 Å². The Morgan fingerprint density at radius 1 is 1.34 bits per heavy atom. The van der Waals surface area contributed by atoms with Crippen molar-refractivity contribution in [3.63, 3.8) is 0 Å². The minimum Gasteiger partial charge on any atom is -0.364 e. The average molecular weight is 471 g/mol. The number of halogens is 2. The number of hydrogen-bond acceptors (Lipinski definition) is 3. The van der Waals surface area contributed by atoms with Gasteiger partial charge in [0.2, 0.25) is 0 Å². The Morgan fingerprint density at radius 2 is 2.22 bits per heavy atom. The highest BCUT2D eigenvalue weighted by Gasteiger charge is 2.12. The molecule has 0 spiro atoms. The van der Waals surface area contributed by atoms with Gasteiger partial charge in [0, 0.05) is 60.9 Å². The minimum absolute atomic E-state index is 0.121. The first-order valence-electron chi connectivity index (χ1n) is 10.8. The SMILES string of the molecule is CCc1[nH]cc(CNC(=O)c2ccnc(CC3=C\CC\N=C/C(Cl)=C/C=C/3)c2)c1CCCl. The summed E-state index contributed by atoms with van der Waals surface area (Å²) in [6.07, 6.45) is 16.3. The molecule has 32 heavy (non-hydrogen) atoms. The third-order valence-electron chi connectivity index (χ3n) is 5.22. The van der Waals surface area contributed by atoms with E-state index in [0.29, 0.717) is 36.0 Å². The van der Waals surface area contributed by atoms with Crippen LogP contribution in [0.2, 0.25) is 0 Å². The maximum Gasteiger partial charge on any atom is 0.251 e. The normalized spacial score (nSPS) is 19.3. The van der Waals surface area contributed by atoms with Crippen LogP contribution in [0.15, 0.2) is 64.4 Å². The van der Waals surface area contributed by atoms with E-state index in [1.165, 1.54) is 11.3 Å². The number of aliphatic imine (C=N–C) groups is 1. The predicted molar refractivity (Wildman–Crippen MR) is 133 cm³/mol. The molecule has 0 unspecified atom stereocenters. The van der Waals surface area contributed by atoms with Gasteiger partial charge in [-0.25, -0.2) is 0 Å². The van der Waals surface area contributed by atoms with Crippen LogP contribution in [-0.2, 0) is 25.8 Å². The fourth-order valence-electron chi connectivity index (χ4n) is 3.61. The Kier molecular flexibility index (Phi) is 9.32. The fourth-order valence-corrected chi connectivity index (χ4v) is 3.94. The average Bonchev–Trinajstić information content (AvgIpc) is 3.19. The number of aryl methyl sites for hydroxylation is 1. The number of hydrogen-bond donors (Lipinski definition) is 2. The number of carbonyl (C=O) groups excluding carboxylic acids is 1. The fraction of sp³-hybridized carbons (Fsp3) is 0.320. The summed E-state index contributed by atoms with van der Waals surface area (Å²) in [5, 5.41) is 3.62. The van der Waals surface area contributed by atoms with Crippen LogP contribution >= 0.6 is 23.2 Å². The first kappa shape index (κ1) is 24.0. The van der Waals surface area contributed by atoms with E-state index in [1.807, 2.05) is 30.5 Å². The summed E-state index contributed by atoms with van der Waals surface area (Å²) in [4.78, 5) is 24.8. The lowest BCUT2D eigenvalue weighted by Gasteiger charge is -2.09. The van der Waals surface area contributed by atoms with Crippen LogP contribution in [0, 0.1) is 0 Å². The topological polar surface area (TPSA) is 70.1 Å². The van der Waals surface area contributed by atoms with Crippen LogP contribution in [0.1, 0.15) is 46.2 Å². The molecule has 1 aliphatic rings. The van der Waals surface area contributed by atoms with E-state index in [9.17, 15) is 4.79 Å². The zero-order valence-electron chi connectivity index (χ0n) is 18.2. The monoisotopic (exact) mass is 470 g/mol. The standard InChI is InChI=1S/C25H28Cl2N4O/c1-2-24-23(8-10-26)20(15-30-24)16-31-25(32)19-9-12-29-22(14-19)13-18-5-3-7-21(27)17-28-11-4-6-18/h3,5-7,9,12,14-15,17,30H,2,4,8,10-11,13,16H2,1H3,(H,31,32)/b5-3+,18-6+,21-7-,28-17-. The number of amides is 1. The van der Waals surface area contributed by atoms with Crippen LogP contribution in [-0.4, -0.2) is 34.5 Å². The van der Waals surface area contributed by atoms with Crippen LogP contribution in [0.25, 0.3) is 0 Å². The van der Waals surface area contributed by atoms with Gasteiger partial charge in [-0.05, 0) is 54.2 Å². The molecule has 168 valence electrons. The van der Waals surface area contributed by atoms with E-state index in [1.54, 1.807) is 18.5 Å². The molecular weight excluding hydrogens is 443 g/mol. The Bertz CT molecular complexity index is 1050. The van der Waals surface area contributed by atoms with Crippen molar-refractivity contribution in [2.45, 2.75) is 39.2 Å². The van der Waals surface area contributed by atoms with Crippen molar-refractivity contribution in [1.82, 2.24) is 15.3 Å². The second-order valence-electron chi connectivity index (χ2n) is 7.47. The quantitative estimate of drug-likeness (QED) is 0.513. The summed E-state index contributed by atoms with van der Waals surface area (Å²) in [7, 11) is 0. The minimum atomic E-state index is -0.121. The van der Waals surface area contributed by atoms with Gasteiger partial charge in [0.05, 0.1) is 5.03 Å². The van der Waals surface area contributed by atoms with Gasteiger partial charge in [0.25, 0.3) is 5.91 Å². The molecule has 0 fully saturated rings. The number of carbonyl (C=O) groups is 1. The van der Waals surface area contributed by atoms with Crippen molar-refractivity contribution in [3.05, 3.63) is 87.5 Å². The lowest BCUT2D eigenvalue weighted by molar-refractivity contribution is 0.0950. The zero-order chi connectivity index (χ0) is 22.8. The van der Waals surface area contributed by atoms with Gasteiger partial charge in [-0.3, -0.25) is 14.8 Å². The van der Waals surface area contributed by atoms with Gasteiger partial charge in [-0.2, -0.15) is 0 Å². The van der Waals surface area contributed by atoms with Crippen molar-refractivity contribution in [2.75, 3.05) is 12.4 Å². The van der Waals surface area contributed by atoms with Crippen molar-refractivity contribution < 1.29 is 4.79 Å². The van der Waals surface area contributed by atoms with Gasteiger partial charge in [0.1, 0.15) is 0 Å². The zero-order valence-corrected chi connectivity index (χ0v) is 19.7. The summed E-state index contributed by atoms with van der Waals surface area (Å²) >= 11 is 12.0. The molecular formula is C25H28Cl2N4O. The van der Waals surface area contributed by atoms with Crippen molar-refractivity contribution in [2.24, 2.45) is 4.99 Å². The van der Waals surface area contributed by atoms with Crippen molar-refractivity contribution in [3.8, 4) is 0 Å². The molecule has 7 heteroatoms. The Hall–Kier alpha value is -2.63. The van der Waals surface area contributed by atoms with Gasteiger partial charge in [0.15, 0.2) is 0 Å². The second kappa shape index (κ2) is 12.4. The molecule has 0 bridgehead atoms. The largest absolute Gasteiger partial charge is 0.364 e. The van der Waals surface area contributed by atoms with Crippen LogP contribution in [0.5, 0.6) is 0 Å². The number of alkyl halides is 1. The Balaban J connectivity index is 1.66. The van der Waals surface area contributed by atoms with Gasteiger partial charge in [-0.15, -0.1) is 11.6 Å². The molecule has 0 atom stereocenters. The first-order chi connectivity index (χ1) is 15.6. The number of pyridine rings is 1. The lowest BCUT2D eigenvalue weighted by atomic mass is 10.1. The maximum absolute atomic E-state index is 12.8. The highest BCUT2D eigenvalue weighted by Crippen LogP contribution is 2.17. The van der Waals surface area contributed by atoms with E-state index in [2.05, 4.69) is 33.3 Å². The van der Waals surface area contributed by atoms with Crippen molar-refractivity contribution in [1.29, 1.82) is 0 Å². The molecule has 0 saturated heterocycles. The summed E-state index contributed by atoms with van der Waals surface area (Å²) in [5.74, 6) is 0.433. The van der Waals surface area contributed by atoms with Crippen LogP contribution in [0.3, 0.4) is 0 Å². The van der Waals surface area contributed by atoms with E-state index < -0.39 is 0 Å². The molecule has 0 radical (unpaired) electrons. The number of rotatable bonds is 8. The molecule has 2 N–H and O–H groups in total. The molecule has 1 aliphatic heterocycles. The number of allylic oxidation sites excluding steroid dienone is 5. The van der Waals surface area contributed by atoms with Gasteiger partial charge < -0.3 is 10.3 Å². The number of aromatic amines is 1. The van der Waals surface area contributed by atoms with E-state index >= 15 is 0 Å². The lowest BCUT2D eigenvalue weighted by Crippen LogP contribution is -2.23. The summed E-state index contributed by atoms with van der Waals surface area (Å²) in [6, 6.07) is 3.58. The molecule has 0 aromatic carbocycles. The Labute approximate surface area is 199 Å². The highest BCUT2D eigenvalue weighted by molar-refractivity contribution is 6.39. The molecule has 2 aromatic heterocycles. The smallest absolute Gasteiger partial charge is 0.251 e. The summed E-state index contributed by atoms with van der Waals surface area (Å²) in [5.41, 5.74) is 6.00. The third kappa shape index (κ3) is 6.94. The first-order valence-corrected chi connectivity index (χ1v) is 11.7.